The highest BCUT2D eigenvalue weighted by molar-refractivity contribution is 5.99. The molecule has 0 radical (unpaired) electrons. The number of guanidine groups is 1. The van der Waals surface area contributed by atoms with Crippen LogP contribution in [0.2, 0.25) is 0 Å². The van der Waals surface area contributed by atoms with E-state index in [0.29, 0.717) is 55.0 Å². The van der Waals surface area contributed by atoms with E-state index in [0.717, 1.165) is 31.3 Å². The first-order chi connectivity index (χ1) is 19.3. The number of nitriles is 1. The van der Waals surface area contributed by atoms with E-state index in [1.54, 1.807) is 18.2 Å². The summed E-state index contributed by atoms with van der Waals surface area (Å²) in [7, 11) is 0. The average Bonchev–Trinajstić information content (AvgIpc) is 3.32. The van der Waals surface area contributed by atoms with Gasteiger partial charge in [-0.25, -0.2) is 0 Å². The smallest absolute Gasteiger partial charge is 0.416 e. The molecule has 10 heteroatoms. The summed E-state index contributed by atoms with van der Waals surface area (Å²) in [6.45, 7) is 6.61. The van der Waals surface area contributed by atoms with Crippen molar-refractivity contribution in [3.05, 3.63) is 89.5 Å². The SMILES string of the molecule is Cc1ccc(Oc2ccc(N3C(=NC#N)N(CCN4CCOCC4)CC3c3cccc(C(F)(F)F)c3)cc2)cc1. The third kappa shape index (κ3) is 6.38. The summed E-state index contributed by atoms with van der Waals surface area (Å²) in [6, 6.07) is 19.9. The summed E-state index contributed by atoms with van der Waals surface area (Å²) in [5.74, 6) is 1.72. The van der Waals surface area contributed by atoms with Gasteiger partial charge in [-0.3, -0.25) is 4.90 Å². The maximum Gasteiger partial charge on any atom is 0.416 e. The molecule has 1 atom stereocenters. The molecule has 0 bridgehead atoms. The van der Waals surface area contributed by atoms with E-state index in [-0.39, 0.29) is 0 Å². The lowest BCUT2D eigenvalue weighted by Crippen LogP contribution is -2.43. The van der Waals surface area contributed by atoms with E-state index >= 15 is 0 Å². The molecule has 3 aromatic carbocycles. The number of aliphatic imine (C=N–C) groups is 1. The minimum Gasteiger partial charge on any atom is -0.457 e. The number of halogens is 3. The Morgan fingerprint density at radius 3 is 2.30 bits per heavy atom. The second kappa shape index (κ2) is 12.0. The highest BCUT2D eigenvalue weighted by atomic mass is 19.4. The third-order valence-electron chi connectivity index (χ3n) is 7.11. The van der Waals surface area contributed by atoms with Crippen molar-refractivity contribution in [2.24, 2.45) is 4.99 Å². The Morgan fingerprint density at radius 1 is 0.975 bits per heavy atom. The molecule has 2 saturated heterocycles. The lowest BCUT2D eigenvalue weighted by molar-refractivity contribution is -0.137. The Hall–Kier alpha value is -4.07. The van der Waals surface area contributed by atoms with Gasteiger partial charge in [0.1, 0.15) is 11.5 Å². The lowest BCUT2D eigenvalue weighted by Gasteiger charge is -2.29. The number of benzene rings is 3. The number of anilines is 1. The van der Waals surface area contributed by atoms with Crippen LogP contribution in [0, 0.1) is 18.4 Å². The molecule has 0 amide bonds. The number of rotatable bonds is 7. The fourth-order valence-electron chi connectivity index (χ4n) is 5.00. The van der Waals surface area contributed by atoms with E-state index < -0.39 is 17.8 Å². The molecule has 2 aliphatic rings. The molecule has 3 aromatic rings. The summed E-state index contributed by atoms with van der Waals surface area (Å²) in [5.41, 5.74) is 1.60. The number of hydrogen-bond donors (Lipinski definition) is 0. The zero-order chi connectivity index (χ0) is 28.1. The van der Waals surface area contributed by atoms with Crippen LogP contribution in [0.25, 0.3) is 0 Å². The van der Waals surface area contributed by atoms with Crippen molar-refractivity contribution in [2.45, 2.75) is 19.1 Å². The van der Waals surface area contributed by atoms with Gasteiger partial charge < -0.3 is 19.3 Å². The van der Waals surface area contributed by atoms with Gasteiger partial charge in [0.25, 0.3) is 0 Å². The second-order valence-electron chi connectivity index (χ2n) is 9.83. The van der Waals surface area contributed by atoms with Gasteiger partial charge in [-0.1, -0.05) is 29.8 Å². The van der Waals surface area contributed by atoms with Crippen LogP contribution in [0.4, 0.5) is 18.9 Å². The lowest BCUT2D eigenvalue weighted by atomic mass is 10.0. The van der Waals surface area contributed by atoms with Gasteiger partial charge in [0, 0.05) is 38.4 Å². The van der Waals surface area contributed by atoms with Crippen molar-refractivity contribution >= 4 is 11.6 Å². The molecule has 2 aliphatic heterocycles. The van der Waals surface area contributed by atoms with E-state index in [9.17, 15) is 18.4 Å². The summed E-state index contributed by atoms with van der Waals surface area (Å²) in [4.78, 5) is 10.2. The Bertz CT molecular complexity index is 1360. The zero-order valence-electron chi connectivity index (χ0n) is 22.1. The van der Waals surface area contributed by atoms with Gasteiger partial charge in [-0.15, -0.1) is 4.99 Å². The zero-order valence-corrected chi connectivity index (χ0v) is 22.1. The van der Waals surface area contributed by atoms with Crippen LogP contribution in [0.3, 0.4) is 0 Å². The van der Waals surface area contributed by atoms with Crippen molar-refractivity contribution in [1.82, 2.24) is 9.80 Å². The number of aryl methyl sites for hydroxylation is 1. The number of alkyl halides is 3. The van der Waals surface area contributed by atoms with Gasteiger partial charge >= 0.3 is 6.18 Å². The van der Waals surface area contributed by atoms with Crippen molar-refractivity contribution in [1.29, 1.82) is 5.26 Å². The molecule has 2 heterocycles. The monoisotopic (exact) mass is 549 g/mol. The van der Waals surface area contributed by atoms with Crippen molar-refractivity contribution in [2.75, 3.05) is 50.8 Å². The fourth-order valence-corrected chi connectivity index (χ4v) is 5.00. The summed E-state index contributed by atoms with van der Waals surface area (Å²) >= 11 is 0. The molecule has 40 heavy (non-hydrogen) atoms. The molecular weight excluding hydrogens is 519 g/mol. The minimum atomic E-state index is -4.46. The van der Waals surface area contributed by atoms with Crippen LogP contribution in [0.5, 0.6) is 11.5 Å². The number of ether oxygens (including phenoxy) is 2. The number of morpholine rings is 1. The maximum absolute atomic E-state index is 13.6. The predicted octanol–water partition coefficient (Wildman–Crippen LogP) is 5.84. The molecule has 0 aliphatic carbocycles. The fraction of sp³-hybridized carbons (Fsp3) is 0.333. The molecule has 5 rings (SSSR count). The molecule has 7 nitrogen and oxygen atoms in total. The molecule has 2 fully saturated rings. The Kier molecular flexibility index (Phi) is 8.24. The van der Waals surface area contributed by atoms with Gasteiger partial charge in [0.15, 0.2) is 0 Å². The quantitative estimate of drug-likeness (QED) is 0.345. The first-order valence-electron chi connectivity index (χ1n) is 13.1. The molecule has 0 saturated carbocycles. The Balaban J connectivity index is 1.46. The topological polar surface area (TPSA) is 64.3 Å². The van der Waals surface area contributed by atoms with Crippen LogP contribution >= 0.6 is 0 Å². The molecule has 0 N–H and O–H groups in total. The summed E-state index contributed by atoms with van der Waals surface area (Å²) < 4.78 is 52.2. The molecule has 0 aromatic heterocycles. The van der Waals surface area contributed by atoms with Crippen molar-refractivity contribution in [3.8, 4) is 17.7 Å². The number of hydrogen-bond acceptors (Lipinski definition) is 5. The Morgan fingerprint density at radius 2 is 1.65 bits per heavy atom. The van der Waals surface area contributed by atoms with Crippen LogP contribution in [0.15, 0.2) is 77.8 Å². The van der Waals surface area contributed by atoms with Crippen molar-refractivity contribution in [3.63, 3.8) is 0 Å². The molecule has 0 spiro atoms. The third-order valence-corrected chi connectivity index (χ3v) is 7.11. The maximum atomic E-state index is 13.6. The highest BCUT2D eigenvalue weighted by Gasteiger charge is 2.39. The molecular formula is C30H30F3N5O2. The minimum absolute atomic E-state index is 0.383. The van der Waals surface area contributed by atoms with Gasteiger partial charge in [-0.05, 0) is 61.0 Å². The van der Waals surface area contributed by atoms with E-state index in [1.165, 1.54) is 12.1 Å². The standard InChI is InChI=1S/C30H30F3N5O2/c1-22-5-9-26(10-6-22)40-27-11-7-25(8-12-27)38-28(23-3-2-4-24(19-23)30(31,32)33)20-37(29(38)35-21-34)14-13-36-15-17-39-18-16-36/h2-12,19,28H,13-18,20H2,1H3. The first kappa shape index (κ1) is 27.5. The van der Waals surface area contributed by atoms with Crippen LogP contribution < -0.4 is 9.64 Å². The summed E-state index contributed by atoms with van der Waals surface area (Å²) in [5, 5.41) is 9.57. The first-order valence-corrected chi connectivity index (χ1v) is 13.1. The van der Waals surface area contributed by atoms with Crippen molar-refractivity contribution < 1.29 is 22.6 Å². The second-order valence-corrected chi connectivity index (χ2v) is 9.83. The molecule has 208 valence electrons. The predicted molar refractivity (Wildman–Crippen MR) is 146 cm³/mol. The van der Waals surface area contributed by atoms with Crippen LogP contribution in [0.1, 0.15) is 22.7 Å². The van der Waals surface area contributed by atoms with Crippen LogP contribution in [-0.4, -0.2) is 61.7 Å². The largest absolute Gasteiger partial charge is 0.457 e. The summed E-state index contributed by atoms with van der Waals surface area (Å²) in [6.07, 6.45) is -2.56. The number of nitrogens with zero attached hydrogens (tertiary/aromatic N) is 5. The van der Waals surface area contributed by atoms with Crippen LogP contribution in [-0.2, 0) is 10.9 Å². The van der Waals surface area contributed by atoms with Gasteiger partial charge in [0.2, 0.25) is 12.2 Å². The van der Waals surface area contributed by atoms with E-state index in [4.69, 9.17) is 9.47 Å². The highest BCUT2D eigenvalue weighted by Crippen LogP contribution is 2.38. The average molecular weight is 550 g/mol. The Labute approximate surface area is 231 Å². The van der Waals surface area contributed by atoms with Gasteiger partial charge in [0.05, 0.1) is 24.8 Å². The molecule has 1 unspecified atom stereocenters. The van der Waals surface area contributed by atoms with Gasteiger partial charge in [-0.2, -0.15) is 18.4 Å². The normalized spacial score (nSPS) is 19.2. The van der Waals surface area contributed by atoms with E-state index in [1.807, 2.05) is 59.3 Å². The van der Waals surface area contributed by atoms with E-state index in [2.05, 4.69) is 9.89 Å².